The zero-order chi connectivity index (χ0) is 14.0. The van der Waals surface area contributed by atoms with Crippen molar-refractivity contribution in [3.05, 3.63) is 67.6 Å². The highest BCUT2D eigenvalue weighted by Crippen LogP contribution is 2.30. The summed E-state index contributed by atoms with van der Waals surface area (Å²) in [7, 11) is 0. The summed E-state index contributed by atoms with van der Waals surface area (Å²) >= 11 is 18.9. The van der Waals surface area contributed by atoms with Crippen LogP contribution in [-0.4, -0.2) is 5.78 Å². The molecule has 0 N–H and O–H groups in total. The highest BCUT2D eigenvalue weighted by molar-refractivity contribution is 9.10. The van der Waals surface area contributed by atoms with E-state index >= 15 is 0 Å². The predicted octanol–water partition coefficient (Wildman–Crippen LogP) is 5.88. The second kappa shape index (κ2) is 6.40. The van der Waals surface area contributed by atoms with E-state index in [1.165, 1.54) is 0 Å². The summed E-state index contributed by atoms with van der Waals surface area (Å²) in [4.78, 5) is 12.5. The molecule has 0 heterocycles. The number of hydrogen-bond donors (Lipinski definition) is 0. The van der Waals surface area contributed by atoms with Crippen LogP contribution < -0.4 is 0 Å². The van der Waals surface area contributed by atoms with E-state index in [1.54, 1.807) is 24.3 Å². The van der Waals surface area contributed by atoms with Crippen molar-refractivity contribution in [3.8, 4) is 0 Å². The van der Waals surface area contributed by atoms with E-state index in [9.17, 15) is 4.79 Å². The number of rotatable bonds is 3. The fraction of sp³-hybridized carbons (Fsp3) is 0.0714. The second-order valence-electron chi connectivity index (χ2n) is 3.87. The Hall–Kier alpha value is -0.350. The SMILES string of the molecule is O=C(c1ccc(CBr)cc1Br)c1c(Cl)cccc1Cl. The van der Waals surface area contributed by atoms with Crippen molar-refractivity contribution in [1.82, 2.24) is 0 Å². The molecule has 0 aliphatic carbocycles. The van der Waals surface area contributed by atoms with Crippen molar-refractivity contribution in [2.24, 2.45) is 0 Å². The molecule has 0 unspecified atom stereocenters. The van der Waals surface area contributed by atoms with Gasteiger partial charge in [-0.2, -0.15) is 0 Å². The zero-order valence-corrected chi connectivity index (χ0v) is 14.3. The van der Waals surface area contributed by atoms with Crippen LogP contribution in [0.3, 0.4) is 0 Å². The number of carbonyl (C=O) groups excluding carboxylic acids is 1. The number of alkyl halides is 1. The van der Waals surface area contributed by atoms with Gasteiger partial charge in [-0.05, 0) is 29.8 Å². The topological polar surface area (TPSA) is 17.1 Å². The minimum atomic E-state index is -0.191. The number of benzene rings is 2. The molecule has 19 heavy (non-hydrogen) atoms. The minimum Gasteiger partial charge on any atom is -0.288 e. The van der Waals surface area contributed by atoms with Crippen molar-refractivity contribution >= 4 is 60.8 Å². The summed E-state index contributed by atoms with van der Waals surface area (Å²) in [6.45, 7) is 0. The normalized spacial score (nSPS) is 10.5. The van der Waals surface area contributed by atoms with Gasteiger partial charge >= 0.3 is 0 Å². The van der Waals surface area contributed by atoms with Crippen LogP contribution in [0.1, 0.15) is 21.5 Å². The van der Waals surface area contributed by atoms with Gasteiger partial charge in [0.2, 0.25) is 0 Å². The molecule has 98 valence electrons. The number of hydrogen-bond acceptors (Lipinski definition) is 1. The maximum absolute atomic E-state index is 12.5. The van der Waals surface area contributed by atoms with Crippen LogP contribution in [0.4, 0.5) is 0 Å². The standard InChI is InChI=1S/C14H8Br2Cl2O/c15-7-8-4-5-9(10(16)6-8)14(19)13-11(17)2-1-3-12(13)18/h1-6H,7H2. The first-order chi connectivity index (χ1) is 9.04. The molecule has 2 aromatic rings. The largest absolute Gasteiger partial charge is 0.288 e. The molecule has 0 saturated heterocycles. The Morgan fingerprint density at radius 3 is 2.26 bits per heavy atom. The van der Waals surface area contributed by atoms with Crippen LogP contribution in [0.15, 0.2) is 40.9 Å². The van der Waals surface area contributed by atoms with Gasteiger partial charge in [0, 0.05) is 15.4 Å². The average molecular weight is 423 g/mol. The van der Waals surface area contributed by atoms with Gasteiger partial charge in [-0.1, -0.05) is 67.2 Å². The number of ketones is 1. The molecule has 0 spiro atoms. The third-order valence-corrected chi connectivity index (χ3v) is 4.56. The van der Waals surface area contributed by atoms with Crippen LogP contribution in [0.2, 0.25) is 10.0 Å². The van der Waals surface area contributed by atoms with Crippen molar-refractivity contribution in [3.63, 3.8) is 0 Å². The van der Waals surface area contributed by atoms with Crippen molar-refractivity contribution in [2.75, 3.05) is 0 Å². The first-order valence-corrected chi connectivity index (χ1v) is 8.04. The molecule has 2 rings (SSSR count). The molecule has 5 heteroatoms. The number of halogens is 4. The Bertz CT molecular complexity index is 621. The minimum absolute atomic E-state index is 0.191. The van der Waals surface area contributed by atoms with Crippen molar-refractivity contribution in [2.45, 2.75) is 5.33 Å². The van der Waals surface area contributed by atoms with E-state index in [2.05, 4.69) is 31.9 Å². The maximum atomic E-state index is 12.5. The Kier molecular flexibility index (Phi) is 5.07. The first-order valence-electron chi connectivity index (χ1n) is 5.37. The van der Waals surface area contributed by atoms with Gasteiger partial charge in [0.05, 0.1) is 15.6 Å². The molecule has 1 nitrogen and oxygen atoms in total. The monoisotopic (exact) mass is 420 g/mol. The quantitative estimate of drug-likeness (QED) is 0.445. The molecule has 0 amide bonds. The molecule has 0 aliphatic rings. The third kappa shape index (κ3) is 3.22. The summed E-state index contributed by atoms with van der Waals surface area (Å²) in [6, 6.07) is 10.6. The van der Waals surface area contributed by atoms with Gasteiger partial charge < -0.3 is 0 Å². The highest BCUT2D eigenvalue weighted by Gasteiger charge is 2.18. The van der Waals surface area contributed by atoms with Crippen LogP contribution in [0, 0.1) is 0 Å². The van der Waals surface area contributed by atoms with Gasteiger partial charge in [-0.3, -0.25) is 4.79 Å². The van der Waals surface area contributed by atoms with E-state index in [4.69, 9.17) is 23.2 Å². The summed E-state index contributed by atoms with van der Waals surface area (Å²) in [5.41, 5.74) is 1.95. The van der Waals surface area contributed by atoms with E-state index in [-0.39, 0.29) is 5.78 Å². The smallest absolute Gasteiger partial charge is 0.197 e. The lowest BCUT2D eigenvalue weighted by Crippen LogP contribution is -2.04. The zero-order valence-electron chi connectivity index (χ0n) is 9.59. The van der Waals surface area contributed by atoms with Crippen LogP contribution >= 0.6 is 55.1 Å². The Labute approximate surface area is 138 Å². The Morgan fingerprint density at radius 1 is 1.11 bits per heavy atom. The van der Waals surface area contributed by atoms with Crippen LogP contribution in [0.5, 0.6) is 0 Å². The fourth-order valence-corrected chi connectivity index (χ4v) is 3.20. The van der Waals surface area contributed by atoms with E-state index in [0.29, 0.717) is 21.2 Å². The van der Waals surface area contributed by atoms with Gasteiger partial charge in [0.15, 0.2) is 5.78 Å². The van der Waals surface area contributed by atoms with Gasteiger partial charge in [0.1, 0.15) is 0 Å². The molecule has 0 radical (unpaired) electrons. The van der Waals surface area contributed by atoms with Gasteiger partial charge in [0.25, 0.3) is 0 Å². The molecular weight excluding hydrogens is 415 g/mol. The molecule has 0 aromatic heterocycles. The fourth-order valence-electron chi connectivity index (χ4n) is 1.68. The molecular formula is C14H8Br2Cl2O. The van der Waals surface area contributed by atoms with E-state index in [1.807, 2.05) is 12.1 Å². The second-order valence-corrected chi connectivity index (χ2v) is 6.10. The van der Waals surface area contributed by atoms with E-state index < -0.39 is 0 Å². The summed E-state index contributed by atoms with van der Waals surface area (Å²) in [5.74, 6) is -0.191. The maximum Gasteiger partial charge on any atom is 0.197 e. The van der Waals surface area contributed by atoms with Gasteiger partial charge in [-0.15, -0.1) is 0 Å². The van der Waals surface area contributed by atoms with Crippen LogP contribution in [-0.2, 0) is 5.33 Å². The average Bonchev–Trinajstić information content (AvgIpc) is 2.38. The van der Waals surface area contributed by atoms with Crippen molar-refractivity contribution in [1.29, 1.82) is 0 Å². The summed E-state index contributed by atoms with van der Waals surface area (Å²) in [6.07, 6.45) is 0. The Balaban J connectivity index is 2.51. The molecule has 0 aliphatic heterocycles. The lowest BCUT2D eigenvalue weighted by atomic mass is 10.0. The Morgan fingerprint density at radius 2 is 1.74 bits per heavy atom. The lowest BCUT2D eigenvalue weighted by molar-refractivity contribution is 0.103. The van der Waals surface area contributed by atoms with Crippen LogP contribution in [0.25, 0.3) is 0 Å². The summed E-state index contributed by atoms with van der Waals surface area (Å²) in [5, 5.41) is 1.44. The molecule has 0 bridgehead atoms. The number of carbonyl (C=O) groups is 1. The van der Waals surface area contributed by atoms with Gasteiger partial charge in [-0.25, -0.2) is 0 Å². The lowest BCUT2D eigenvalue weighted by Gasteiger charge is -2.08. The summed E-state index contributed by atoms with van der Waals surface area (Å²) < 4.78 is 0.727. The highest BCUT2D eigenvalue weighted by atomic mass is 79.9. The van der Waals surface area contributed by atoms with E-state index in [0.717, 1.165) is 15.4 Å². The predicted molar refractivity (Wildman–Crippen MR) is 86.7 cm³/mol. The molecule has 0 atom stereocenters. The van der Waals surface area contributed by atoms with Crippen molar-refractivity contribution < 1.29 is 4.79 Å². The molecule has 0 fully saturated rings. The molecule has 2 aromatic carbocycles. The first kappa shape index (κ1) is 15.0. The molecule has 0 saturated carbocycles. The third-order valence-electron chi connectivity index (χ3n) is 2.62.